The number of Topliss-reactive ketones (excluding diaryl/α,β-unsaturated/α-hetero) is 1. The summed E-state index contributed by atoms with van der Waals surface area (Å²) in [6.07, 6.45) is 7.53. The Morgan fingerprint density at radius 1 is 1.43 bits per heavy atom. The van der Waals surface area contributed by atoms with Crippen LogP contribution in [0.1, 0.15) is 51.9 Å². The second-order valence-corrected chi connectivity index (χ2v) is 4.39. The van der Waals surface area contributed by atoms with Crippen molar-refractivity contribution in [1.29, 1.82) is 0 Å². The zero-order valence-corrected chi connectivity index (χ0v) is 9.35. The lowest BCUT2D eigenvalue weighted by Crippen LogP contribution is -2.29. The van der Waals surface area contributed by atoms with Crippen molar-refractivity contribution in [3.05, 3.63) is 0 Å². The van der Waals surface area contributed by atoms with Crippen molar-refractivity contribution in [2.75, 3.05) is 13.1 Å². The summed E-state index contributed by atoms with van der Waals surface area (Å²) < 4.78 is 0. The van der Waals surface area contributed by atoms with E-state index in [0.29, 0.717) is 5.78 Å². The molecule has 0 aromatic heterocycles. The Bertz CT molecular complexity index is 162. The molecular weight excluding hydrogens is 174 g/mol. The Hall–Kier alpha value is -0.370. The van der Waals surface area contributed by atoms with Crippen molar-refractivity contribution >= 4 is 5.78 Å². The van der Waals surface area contributed by atoms with E-state index in [-0.39, 0.29) is 0 Å². The third-order valence-corrected chi connectivity index (χ3v) is 3.04. The molecule has 1 aliphatic heterocycles. The molecule has 1 unspecified atom stereocenters. The predicted octanol–water partition coefficient (Wildman–Crippen LogP) is 2.53. The van der Waals surface area contributed by atoms with Crippen molar-refractivity contribution < 1.29 is 4.79 Å². The fraction of sp³-hybridized carbons (Fsp3) is 0.917. The predicted molar refractivity (Wildman–Crippen MR) is 59.4 cm³/mol. The van der Waals surface area contributed by atoms with Crippen molar-refractivity contribution in [3.8, 4) is 0 Å². The smallest absolute Gasteiger partial charge is 0.132 e. The molecule has 0 saturated carbocycles. The summed E-state index contributed by atoms with van der Waals surface area (Å²) in [4.78, 5) is 11.4. The molecule has 82 valence electrons. The quantitative estimate of drug-likeness (QED) is 0.709. The summed E-state index contributed by atoms with van der Waals surface area (Å²) in [6, 6.07) is 0. The zero-order valence-electron chi connectivity index (χ0n) is 9.35. The van der Waals surface area contributed by atoms with Gasteiger partial charge in [0, 0.05) is 12.8 Å². The van der Waals surface area contributed by atoms with E-state index in [1.54, 1.807) is 0 Å². The molecule has 14 heavy (non-hydrogen) atoms. The molecule has 1 heterocycles. The lowest BCUT2D eigenvalue weighted by atomic mass is 9.93. The highest BCUT2D eigenvalue weighted by Gasteiger charge is 2.13. The molecule has 1 atom stereocenters. The Kier molecular flexibility index (Phi) is 5.85. The van der Waals surface area contributed by atoms with Crippen molar-refractivity contribution in [2.45, 2.75) is 51.9 Å². The topological polar surface area (TPSA) is 29.1 Å². The van der Waals surface area contributed by atoms with Gasteiger partial charge in [0.25, 0.3) is 0 Å². The van der Waals surface area contributed by atoms with Crippen LogP contribution in [0.2, 0.25) is 0 Å². The second-order valence-electron chi connectivity index (χ2n) is 4.39. The van der Waals surface area contributed by atoms with Crippen LogP contribution in [0.3, 0.4) is 0 Å². The van der Waals surface area contributed by atoms with Gasteiger partial charge in [-0.1, -0.05) is 13.3 Å². The molecule has 0 aliphatic carbocycles. The first-order valence-electron chi connectivity index (χ1n) is 6.05. The highest BCUT2D eigenvalue weighted by atomic mass is 16.1. The number of nitrogens with one attached hydrogen (secondary N) is 1. The summed E-state index contributed by atoms with van der Waals surface area (Å²) in [5.41, 5.74) is 0. The molecule has 1 fully saturated rings. The lowest BCUT2D eigenvalue weighted by molar-refractivity contribution is -0.119. The van der Waals surface area contributed by atoms with Crippen LogP contribution in [0.25, 0.3) is 0 Å². The Morgan fingerprint density at radius 2 is 2.29 bits per heavy atom. The van der Waals surface area contributed by atoms with Crippen LogP contribution >= 0.6 is 0 Å². The largest absolute Gasteiger partial charge is 0.316 e. The van der Waals surface area contributed by atoms with Gasteiger partial charge in [-0.05, 0) is 44.7 Å². The fourth-order valence-electron chi connectivity index (χ4n) is 2.03. The molecule has 2 nitrogen and oxygen atoms in total. The minimum atomic E-state index is 0.470. The van der Waals surface area contributed by atoms with Gasteiger partial charge >= 0.3 is 0 Å². The van der Waals surface area contributed by atoms with Gasteiger partial charge in [0.1, 0.15) is 5.78 Å². The zero-order chi connectivity index (χ0) is 10.2. The van der Waals surface area contributed by atoms with Crippen molar-refractivity contribution in [2.24, 2.45) is 5.92 Å². The number of piperidine rings is 1. The first-order chi connectivity index (χ1) is 6.83. The minimum absolute atomic E-state index is 0.470. The summed E-state index contributed by atoms with van der Waals surface area (Å²) in [5, 5.41) is 3.39. The first-order valence-corrected chi connectivity index (χ1v) is 6.05. The van der Waals surface area contributed by atoms with Crippen LogP contribution in [-0.4, -0.2) is 18.9 Å². The third kappa shape index (κ3) is 4.75. The Morgan fingerprint density at radius 3 is 2.93 bits per heavy atom. The first kappa shape index (κ1) is 11.7. The third-order valence-electron chi connectivity index (χ3n) is 3.04. The van der Waals surface area contributed by atoms with Crippen LogP contribution in [0, 0.1) is 5.92 Å². The SMILES string of the molecule is CCCCC(=O)CCC1CCCNC1. The molecule has 0 bridgehead atoms. The summed E-state index contributed by atoms with van der Waals surface area (Å²) in [7, 11) is 0. The van der Waals surface area contributed by atoms with E-state index in [4.69, 9.17) is 0 Å². The Labute approximate surface area is 87.5 Å². The molecular formula is C12H23NO. The fourth-order valence-corrected chi connectivity index (χ4v) is 2.03. The summed E-state index contributed by atoms with van der Waals surface area (Å²) in [5.74, 6) is 1.23. The van der Waals surface area contributed by atoms with Crippen LogP contribution in [0.5, 0.6) is 0 Å². The molecule has 0 aromatic carbocycles. The highest BCUT2D eigenvalue weighted by molar-refractivity contribution is 5.78. The van der Waals surface area contributed by atoms with Gasteiger partial charge in [-0.3, -0.25) is 4.79 Å². The number of unbranched alkanes of at least 4 members (excludes halogenated alkanes) is 1. The Balaban J connectivity index is 2.03. The van der Waals surface area contributed by atoms with Crippen LogP contribution in [-0.2, 0) is 4.79 Å². The van der Waals surface area contributed by atoms with Gasteiger partial charge in [0.05, 0.1) is 0 Å². The highest BCUT2D eigenvalue weighted by Crippen LogP contribution is 2.16. The maximum Gasteiger partial charge on any atom is 0.132 e. The second kappa shape index (κ2) is 6.99. The van der Waals surface area contributed by atoms with E-state index in [1.807, 2.05) is 0 Å². The van der Waals surface area contributed by atoms with Crippen LogP contribution in [0.15, 0.2) is 0 Å². The standard InChI is InChI=1S/C12H23NO/c1-2-3-6-12(14)8-7-11-5-4-9-13-10-11/h11,13H,2-10H2,1H3. The average molecular weight is 197 g/mol. The van der Waals surface area contributed by atoms with Gasteiger partial charge in [-0.15, -0.1) is 0 Å². The number of hydrogen-bond acceptors (Lipinski definition) is 2. The normalized spacial score (nSPS) is 22.2. The van der Waals surface area contributed by atoms with Gasteiger partial charge in [-0.25, -0.2) is 0 Å². The van der Waals surface area contributed by atoms with E-state index in [1.165, 1.54) is 19.4 Å². The van der Waals surface area contributed by atoms with E-state index in [0.717, 1.165) is 44.6 Å². The monoisotopic (exact) mass is 197 g/mol. The molecule has 2 heteroatoms. The maximum absolute atomic E-state index is 11.4. The van der Waals surface area contributed by atoms with E-state index < -0.39 is 0 Å². The molecule has 0 radical (unpaired) electrons. The van der Waals surface area contributed by atoms with Crippen LogP contribution in [0.4, 0.5) is 0 Å². The van der Waals surface area contributed by atoms with E-state index >= 15 is 0 Å². The molecule has 1 N–H and O–H groups in total. The van der Waals surface area contributed by atoms with Crippen LogP contribution < -0.4 is 5.32 Å². The van der Waals surface area contributed by atoms with Crippen molar-refractivity contribution in [1.82, 2.24) is 5.32 Å². The molecule has 0 aromatic rings. The molecule has 1 aliphatic rings. The molecule has 1 rings (SSSR count). The van der Waals surface area contributed by atoms with Crippen molar-refractivity contribution in [3.63, 3.8) is 0 Å². The molecule has 0 amide bonds. The number of hydrogen-bond donors (Lipinski definition) is 1. The van der Waals surface area contributed by atoms with Gasteiger partial charge in [0.15, 0.2) is 0 Å². The number of ketones is 1. The van der Waals surface area contributed by atoms with Gasteiger partial charge in [0.2, 0.25) is 0 Å². The number of carbonyl (C=O) groups is 1. The summed E-state index contributed by atoms with van der Waals surface area (Å²) in [6.45, 7) is 4.43. The minimum Gasteiger partial charge on any atom is -0.316 e. The van der Waals surface area contributed by atoms with E-state index in [2.05, 4.69) is 12.2 Å². The maximum atomic E-state index is 11.4. The van der Waals surface area contributed by atoms with E-state index in [9.17, 15) is 4.79 Å². The summed E-state index contributed by atoms with van der Waals surface area (Å²) >= 11 is 0. The average Bonchev–Trinajstić information content (AvgIpc) is 2.25. The van der Waals surface area contributed by atoms with Gasteiger partial charge in [-0.2, -0.15) is 0 Å². The van der Waals surface area contributed by atoms with Gasteiger partial charge < -0.3 is 5.32 Å². The molecule has 1 saturated heterocycles. The number of rotatable bonds is 6. The molecule has 0 spiro atoms. The number of carbonyl (C=O) groups excluding carboxylic acids is 1. The lowest BCUT2D eigenvalue weighted by Gasteiger charge is -2.22.